The van der Waals surface area contributed by atoms with Gasteiger partial charge in [-0.1, -0.05) is 222 Å². The van der Waals surface area contributed by atoms with Gasteiger partial charge in [0.25, 0.3) is 0 Å². The third-order valence-electron chi connectivity index (χ3n) is 12.0. The number of esters is 1. The van der Waals surface area contributed by atoms with E-state index in [4.69, 9.17) is 4.74 Å². The second-order valence-corrected chi connectivity index (χ2v) is 18.2. The number of ether oxygens (including phenoxy) is 1. The monoisotopic (exact) mass is 894 g/mol. The Morgan fingerprint density at radius 2 is 0.844 bits per heavy atom. The summed E-state index contributed by atoms with van der Waals surface area (Å²) >= 11 is 0. The van der Waals surface area contributed by atoms with Crippen molar-refractivity contribution < 1.29 is 24.5 Å². The molecule has 1 amide bonds. The maximum atomic E-state index is 13.2. The molecule has 0 bridgehead atoms. The summed E-state index contributed by atoms with van der Waals surface area (Å²) in [4.78, 5) is 26.2. The Bertz CT molecular complexity index is 1190. The van der Waals surface area contributed by atoms with Gasteiger partial charge in [0.1, 0.15) is 6.10 Å². The van der Waals surface area contributed by atoms with E-state index >= 15 is 0 Å². The van der Waals surface area contributed by atoms with Crippen molar-refractivity contribution in [3.8, 4) is 0 Å². The van der Waals surface area contributed by atoms with E-state index in [1.165, 1.54) is 109 Å². The molecule has 6 heteroatoms. The first-order chi connectivity index (χ1) is 31.5. The number of unbranched alkanes of at least 4 members (excludes halogenated alkanes) is 24. The van der Waals surface area contributed by atoms with Crippen molar-refractivity contribution in [1.29, 1.82) is 0 Å². The van der Waals surface area contributed by atoms with Crippen molar-refractivity contribution in [2.45, 2.75) is 277 Å². The van der Waals surface area contributed by atoms with Crippen molar-refractivity contribution >= 4 is 11.9 Å². The van der Waals surface area contributed by atoms with E-state index in [9.17, 15) is 19.8 Å². The molecule has 0 aromatic rings. The lowest BCUT2D eigenvalue weighted by Crippen LogP contribution is -2.46. The van der Waals surface area contributed by atoms with E-state index in [-0.39, 0.29) is 24.9 Å². The second-order valence-electron chi connectivity index (χ2n) is 18.2. The third-order valence-corrected chi connectivity index (χ3v) is 12.0. The van der Waals surface area contributed by atoms with E-state index in [0.29, 0.717) is 19.3 Å². The maximum absolute atomic E-state index is 13.2. The van der Waals surface area contributed by atoms with Crippen LogP contribution in [0.1, 0.15) is 258 Å². The Morgan fingerprint density at radius 1 is 0.469 bits per heavy atom. The lowest BCUT2D eigenvalue weighted by molar-refractivity contribution is -0.151. The van der Waals surface area contributed by atoms with Gasteiger partial charge in [0, 0.05) is 6.42 Å². The van der Waals surface area contributed by atoms with Crippen molar-refractivity contribution in [3.05, 3.63) is 72.9 Å². The molecule has 0 aliphatic heterocycles. The summed E-state index contributed by atoms with van der Waals surface area (Å²) < 4.78 is 5.93. The lowest BCUT2D eigenvalue weighted by Gasteiger charge is -2.24. The minimum Gasteiger partial charge on any atom is -0.462 e. The summed E-state index contributed by atoms with van der Waals surface area (Å²) in [6, 6.07) is -0.713. The molecule has 0 aliphatic rings. The number of amides is 1. The number of hydrogen-bond acceptors (Lipinski definition) is 5. The van der Waals surface area contributed by atoms with Gasteiger partial charge in [0.05, 0.1) is 25.2 Å². The molecule has 3 atom stereocenters. The molecule has 0 aromatic carbocycles. The Labute approximate surface area is 396 Å². The first kappa shape index (κ1) is 61.3. The van der Waals surface area contributed by atoms with E-state index < -0.39 is 18.2 Å². The van der Waals surface area contributed by atoms with E-state index in [1.54, 1.807) is 0 Å². The summed E-state index contributed by atoms with van der Waals surface area (Å²) in [5.41, 5.74) is 0. The number of carbonyl (C=O) groups is 2. The normalized spacial score (nSPS) is 13.8. The highest BCUT2D eigenvalue weighted by Crippen LogP contribution is 2.17. The first-order valence-corrected chi connectivity index (χ1v) is 27.2. The van der Waals surface area contributed by atoms with Crippen LogP contribution in [0, 0.1) is 0 Å². The number of nitrogens with one attached hydrogen (secondary N) is 1. The minimum absolute atomic E-state index is 0.0564. The fourth-order valence-electron chi connectivity index (χ4n) is 7.92. The Kier molecular flexibility index (Phi) is 49.1. The number of rotatable bonds is 48. The Morgan fingerprint density at radius 3 is 1.31 bits per heavy atom. The van der Waals surface area contributed by atoms with Gasteiger partial charge in [-0.25, -0.2) is 0 Å². The molecule has 3 unspecified atom stereocenters. The van der Waals surface area contributed by atoms with E-state index in [1.807, 2.05) is 0 Å². The molecule has 3 N–H and O–H groups in total. The van der Waals surface area contributed by atoms with E-state index in [2.05, 4.69) is 99.0 Å². The average Bonchev–Trinajstić information content (AvgIpc) is 3.29. The highest BCUT2D eigenvalue weighted by molar-refractivity contribution is 5.77. The van der Waals surface area contributed by atoms with Crippen LogP contribution in [0.3, 0.4) is 0 Å². The number of carbonyl (C=O) groups excluding carboxylic acids is 2. The lowest BCUT2D eigenvalue weighted by atomic mass is 10.0. The zero-order chi connectivity index (χ0) is 46.7. The maximum Gasteiger partial charge on any atom is 0.306 e. The summed E-state index contributed by atoms with van der Waals surface area (Å²) in [6.45, 7) is 6.35. The van der Waals surface area contributed by atoms with Gasteiger partial charge in [-0.3, -0.25) is 9.59 Å². The van der Waals surface area contributed by atoms with Crippen LogP contribution in [-0.2, 0) is 14.3 Å². The van der Waals surface area contributed by atoms with Crippen LogP contribution in [0.2, 0.25) is 0 Å². The van der Waals surface area contributed by atoms with Crippen LogP contribution in [0.5, 0.6) is 0 Å². The molecule has 0 aromatic heterocycles. The van der Waals surface area contributed by atoms with Crippen molar-refractivity contribution in [1.82, 2.24) is 5.32 Å². The van der Waals surface area contributed by atoms with Gasteiger partial charge in [0.15, 0.2) is 0 Å². The summed E-state index contributed by atoms with van der Waals surface area (Å²) in [6.07, 6.45) is 65.3. The predicted octanol–water partition coefficient (Wildman–Crippen LogP) is 16.6. The molecule has 0 fully saturated rings. The van der Waals surface area contributed by atoms with Crippen LogP contribution in [-0.4, -0.2) is 46.9 Å². The molecule has 370 valence electrons. The molecular weight excluding hydrogens is 791 g/mol. The van der Waals surface area contributed by atoms with Gasteiger partial charge in [-0.2, -0.15) is 0 Å². The summed E-state index contributed by atoms with van der Waals surface area (Å²) in [7, 11) is 0. The molecule has 6 nitrogen and oxygen atoms in total. The number of allylic oxidation sites excluding steroid dienone is 12. The SMILES string of the molecule is CC/C=C\C/C=C\C/C=C\C/C=C\C/C=C\CCCCCC(=O)OC(CCCCCCC/C=C\CCCCCC)CC(=O)NC(CO)C(O)CCCCCCCCCCCCCCC. The van der Waals surface area contributed by atoms with Gasteiger partial charge in [-0.15, -0.1) is 0 Å². The van der Waals surface area contributed by atoms with Gasteiger partial charge in [0.2, 0.25) is 5.91 Å². The van der Waals surface area contributed by atoms with Crippen LogP contribution < -0.4 is 5.32 Å². The molecular formula is C58H103NO5. The predicted molar refractivity (Wildman–Crippen MR) is 278 cm³/mol. The fourth-order valence-corrected chi connectivity index (χ4v) is 7.92. The van der Waals surface area contributed by atoms with Gasteiger partial charge in [-0.05, 0) is 96.3 Å². The molecule has 64 heavy (non-hydrogen) atoms. The number of hydrogen-bond donors (Lipinski definition) is 3. The van der Waals surface area contributed by atoms with Crippen LogP contribution in [0.15, 0.2) is 72.9 Å². The second kappa shape index (κ2) is 51.3. The van der Waals surface area contributed by atoms with Gasteiger partial charge < -0.3 is 20.3 Å². The summed E-state index contributed by atoms with van der Waals surface area (Å²) in [5, 5.41) is 23.8. The smallest absolute Gasteiger partial charge is 0.306 e. The molecule has 0 spiro atoms. The minimum atomic E-state index is -0.798. The van der Waals surface area contributed by atoms with Crippen molar-refractivity contribution in [2.75, 3.05) is 6.61 Å². The summed E-state index contributed by atoms with van der Waals surface area (Å²) in [5.74, 6) is -0.518. The molecule has 0 radical (unpaired) electrons. The number of aliphatic hydroxyl groups excluding tert-OH is 2. The first-order valence-electron chi connectivity index (χ1n) is 27.2. The van der Waals surface area contributed by atoms with Crippen molar-refractivity contribution in [3.63, 3.8) is 0 Å². The highest BCUT2D eigenvalue weighted by Gasteiger charge is 2.24. The van der Waals surface area contributed by atoms with Crippen LogP contribution in [0.25, 0.3) is 0 Å². The highest BCUT2D eigenvalue weighted by atomic mass is 16.5. The molecule has 0 heterocycles. The van der Waals surface area contributed by atoms with Gasteiger partial charge >= 0.3 is 5.97 Å². The quantitative estimate of drug-likeness (QED) is 0.0321. The molecule has 0 aliphatic carbocycles. The molecule has 0 saturated heterocycles. The number of aliphatic hydroxyl groups is 2. The Balaban J connectivity index is 4.62. The average molecular weight is 894 g/mol. The molecule has 0 saturated carbocycles. The zero-order valence-electron chi connectivity index (χ0n) is 42.1. The van der Waals surface area contributed by atoms with E-state index in [0.717, 1.165) is 103 Å². The Hall–Kier alpha value is -2.70. The molecule has 0 rings (SSSR count). The zero-order valence-corrected chi connectivity index (χ0v) is 42.1. The largest absolute Gasteiger partial charge is 0.462 e. The fraction of sp³-hybridized carbons (Fsp3) is 0.759. The third kappa shape index (κ3) is 45.9. The standard InChI is InChI=1S/C58H103NO5/c1-4-7-10-13-16-19-22-25-26-27-28-29-30-33-36-39-42-45-48-51-58(63)64-54(49-46-43-40-37-34-31-23-20-17-14-11-8-5-2)52-57(62)59-55(53-60)56(61)50-47-44-41-38-35-32-24-21-18-15-12-9-6-3/h7,10,16,19-20,23,25-26,28-29,33,36,54-56,60-61H,4-6,8-9,11-15,17-18,21-22,24,27,30-32,34-35,37-53H2,1-3H3,(H,59,62)/b10-7-,19-16-,23-20-,26-25-,29-28-,36-33-. The van der Waals surface area contributed by atoms with Crippen molar-refractivity contribution in [2.24, 2.45) is 0 Å². The van der Waals surface area contributed by atoms with Crippen LogP contribution >= 0.6 is 0 Å². The van der Waals surface area contributed by atoms with Crippen LogP contribution in [0.4, 0.5) is 0 Å². The topological polar surface area (TPSA) is 95.9 Å².